The number of carbonyl (C=O) groups is 1. The molecule has 1 amide bonds. The molecular formula is C13H19N5O2S. The minimum Gasteiger partial charge on any atom is -0.473 e. The molecule has 3 N–H and O–H groups in total. The number of piperidine rings is 1. The number of thiol groups is 1. The smallest absolute Gasteiger partial charge is 0.272 e. The Morgan fingerprint density at radius 3 is 2.95 bits per heavy atom. The molecule has 0 spiro atoms. The second-order valence-corrected chi connectivity index (χ2v) is 4.81. The van der Waals surface area contributed by atoms with Gasteiger partial charge < -0.3 is 20.7 Å². The van der Waals surface area contributed by atoms with Gasteiger partial charge in [-0.25, -0.2) is 4.98 Å². The Morgan fingerprint density at radius 1 is 1.52 bits per heavy atom. The first kappa shape index (κ1) is 15.6. The second-order valence-electron chi connectivity index (χ2n) is 4.56. The average molecular weight is 309 g/mol. The third-order valence-corrected chi connectivity index (χ3v) is 3.39. The second kappa shape index (κ2) is 7.84. The van der Waals surface area contributed by atoms with Crippen molar-refractivity contribution in [3.8, 4) is 5.88 Å². The molecule has 8 heteroatoms. The predicted octanol–water partition coefficient (Wildman–Crippen LogP) is 0.536. The average Bonchev–Trinajstić information content (AvgIpc) is 2.51. The van der Waals surface area contributed by atoms with Crippen LogP contribution in [0.2, 0.25) is 0 Å². The first-order valence-corrected chi connectivity index (χ1v) is 7.27. The van der Waals surface area contributed by atoms with Crippen LogP contribution in [0.4, 0.5) is 5.69 Å². The van der Waals surface area contributed by atoms with Crippen LogP contribution < -0.4 is 20.7 Å². The largest absolute Gasteiger partial charge is 0.473 e. The molecule has 0 aromatic carbocycles. The fourth-order valence-electron chi connectivity index (χ4n) is 2.00. The number of amides is 1. The lowest BCUT2D eigenvalue weighted by atomic mass is 10.1. The minimum absolute atomic E-state index is 0.0981. The number of aromatic nitrogens is 2. The van der Waals surface area contributed by atoms with Crippen LogP contribution in [0.1, 0.15) is 12.8 Å². The van der Waals surface area contributed by atoms with Crippen LogP contribution in [0.5, 0.6) is 5.88 Å². The molecule has 1 aromatic heterocycles. The topological polar surface area (TPSA) is 88.2 Å². The summed E-state index contributed by atoms with van der Waals surface area (Å²) in [4.78, 5) is 20.0. The van der Waals surface area contributed by atoms with Gasteiger partial charge in [-0.3, -0.25) is 4.79 Å². The Hall–Kier alpha value is -1.80. The van der Waals surface area contributed by atoms with Gasteiger partial charge in [0.15, 0.2) is 0 Å². The van der Waals surface area contributed by atoms with Gasteiger partial charge >= 0.3 is 0 Å². The van der Waals surface area contributed by atoms with Crippen LogP contribution in [0, 0.1) is 0 Å². The van der Waals surface area contributed by atoms with Crippen LogP contribution >= 0.6 is 12.6 Å². The number of nitrogens with zero attached hydrogens (tertiary/aromatic N) is 2. The van der Waals surface area contributed by atoms with Gasteiger partial charge in [-0.1, -0.05) is 0 Å². The zero-order valence-corrected chi connectivity index (χ0v) is 12.7. The number of nitrogens with one attached hydrogen (secondary N) is 3. The molecule has 0 atom stereocenters. The summed E-state index contributed by atoms with van der Waals surface area (Å²) in [5.41, 5.74) is 0.791. The molecule has 21 heavy (non-hydrogen) atoms. The highest BCUT2D eigenvalue weighted by Crippen LogP contribution is 2.23. The summed E-state index contributed by atoms with van der Waals surface area (Å²) < 4.78 is 5.87. The highest BCUT2D eigenvalue weighted by Gasteiger charge is 2.18. The first-order valence-electron chi connectivity index (χ1n) is 6.75. The molecule has 0 aliphatic carbocycles. The number of likely N-dealkylation sites (N-methyl/N-ethyl adjacent to an activating group) is 1. The summed E-state index contributed by atoms with van der Waals surface area (Å²) >= 11 is 3.98. The van der Waals surface area contributed by atoms with Crippen LogP contribution in [-0.2, 0) is 4.79 Å². The van der Waals surface area contributed by atoms with E-state index in [2.05, 4.69) is 38.5 Å². The van der Waals surface area contributed by atoms with E-state index in [-0.39, 0.29) is 12.0 Å². The molecule has 0 radical (unpaired) electrons. The van der Waals surface area contributed by atoms with Crippen LogP contribution in [0.3, 0.4) is 0 Å². The summed E-state index contributed by atoms with van der Waals surface area (Å²) in [6.45, 7) is 1.84. The van der Waals surface area contributed by atoms with Crippen LogP contribution in [0.15, 0.2) is 23.6 Å². The standard InChI is InChI=1S/C13H19N5O2S/c1-14-11(7-21)12(19)18-10-6-16-8-17-13(10)20-9-2-4-15-5-3-9/h6-9,14-15,21H,2-5H2,1H3,(H,18,19)/b11-7-. The Balaban J connectivity index is 2.07. The van der Waals surface area contributed by atoms with Crippen molar-refractivity contribution in [3.63, 3.8) is 0 Å². The maximum Gasteiger partial charge on any atom is 0.272 e. The van der Waals surface area contributed by atoms with Gasteiger partial charge in [-0.15, -0.1) is 12.6 Å². The van der Waals surface area contributed by atoms with E-state index >= 15 is 0 Å². The molecule has 1 aromatic rings. The zero-order valence-electron chi connectivity index (χ0n) is 11.8. The number of anilines is 1. The molecule has 1 fully saturated rings. The molecular weight excluding hydrogens is 290 g/mol. The third kappa shape index (κ3) is 4.33. The quantitative estimate of drug-likeness (QED) is 0.469. The van der Waals surface area contributed by atoms with Crippen molar-refractivity contribution in [1.29, 1.82) is 0 Å². The molecule has 2 rings (SSSR count). The Bertz CT molecular complexity index is 517. The molecule has 1 saturated heterocycles. The molecule has 2 heterocycles. The lowest BCUT2D eigenvalue weighted by Crippen LogP contribution is -2.34. The van der Waals surface area contributed by atoms with Crippen molar-refractivity contribution >= 4 is 24.2 Å². The number of carbonyl (C=O) groups excluding carboxylic acids is 1. The molecule has 0 saturated carbocycles. The lowest BCUT2D eigenvalue weighted by Gasteiger charge is -2.24. The number of rotatable bonds is 5. The molecule has 7 nitrogen and oxygen atoms in total. The van der Waals surface area contributed by atoms with Crippen molar-refractivity contribution in [2.75, 3.05) is 25.5 Å². The SMILES string of the molecule is CN/C(=C\S)C(=O)Nc1cncnc1OC1CCNCC1. The van der Waals surface area contributed by atoms with Crippen molar-refractivity contribution in [2.45, 2.75) is 18.9 Å². The molecule has 1 aliphatic heterocycles. The zero-order chi connectivity index (χ0) is 15.1. The summed E-state index contributed by atoms with van der Waals surface area (Å²) in [7, 11) is 1.65. The fraction of sp³-hybridized carbons (Fsp3) is 0.462. The van der Waals surface area contributed by atoms with E-state index in [1.165, 1.54) is 17.9 Å². The summed E-state index contributed by atoms with van der Waals surface area (Å²) in [5.74, 6) is 0.0670. The van der Waals surface area contributed by atoms with Gasteiger partial charge in [-0.2, -0.15) is 4.98 Å². The van der Waals surface area contributed by atoms with E-state index in [9.17, 15) is 4.79 Å². The van der Waals surface area contributed by atoms with Crippen LogP contribution in [-0.4, -0.2) is 42.1 Å². The first-order chi connectivity index (χ1) is 10.2. The maximum absolute atomic E-state index is 12.0. The van der Waals surface area contributed by atoms with E-state index in [4.69, 9.17) is 4.74 Å². The molecule has 0 bridgehead atoms. The molecule has 1 aliphatic rings. The van der Waals surface area contributed by atoms with Gasteiger partial charge in [-0.05, 0) is 31.3 Å². The highest BCUT2D eigenvalue weighted by molar-refractivity contribution is 7.83. The number of hydrogen-bond donors (Lipinski definition) is 4. The van der Waals surface area contributed by atoms with Gasteiger partial charge in [0.05, 0.1) is 6.20 Å². The minimum atomic E-state index is -0.322. The Labute approximate surface area is 129 Å². The van der Waals surface area contributed by atoms with E-state index in [0.29, 0.717) is 17.3 Å². The van der Waals surface area contributed by atoms with Crippen molar-refractivity contribution < 1.29 is 9.53 Å². The van der Waals surface area contributed by atoms with Gasteiger partial charge in [0.1, 0.15) is 23.8 Å². The fourth-order valence-corrected chi connectivity index (χ4v) is 2.24. The molecule has 114 valence electrons. The monoisotopic (exact) mass is 309 g/mol. The third-order valence-electron chi connectivity index (χ3n) is 3.13. The summed E-state index contributed by atoms with van der Waals surface area (Å²) in [6, 6.07) is 0. The van der Waals surface area contributed by atoms with Crippen molar-refractivity contribution in [3.05, 3.63) is 23.6 Å². The van der Waals surface area contributed by atoms with Gasteiger partial charge in [0.2, 0.25) is 5.88 Å². The van der Waals surface area contributed by atoms with Crippen LogP contribution in [0.25, 0.3) is 0 Å². The lowest BCUT2D eigenvalue weighted by molar-refractivity contribution is -0.113. The van der Waals surface area contributed by atoms with E-state index in [1.54, 1.807) is 7.05 Å². The van der Waals surface area contributed by atoms with E-state index in [1.807, 2.05) is 0 Å². The highest BCUT2D eigenvalue weighted by atomic mass is 32.1. The van der Waals surface area contributed by atoms with Gasteiger partial charge in [0, 0.05) is 7.05 Å². The molecule has 0 unspecified atom stereocenters. The maximum atomic E-state index is 12.0. The summed E-state index contributed by atoms with van der Waals surface area (Å²) in [5, 5.41) is 10.1. The van der Waals surface area contributed by atoms with Crippen molar-refractivity contribution in [1.82, 2.24) is 20.6 Å². The van der Waals surface area contributed by atoms with E-state index < -0.39 is 0 Å². The summed E-state index contributed by atoms with van der Waals surface area (Å²) in [6.07, 6.45) is 4.85. The Kier molecular flexibility index (Phi) is 5.82. The normalized spacial score (nSPS) is 16.4. The van der Waals surface area contributed by atoms with Gasteiger partial charge in [0.25, 0.3) is 5.91 Å². The predicted molar refractivity (Wildman–Crippen MR) is 83.3 cm³/mol. The Morgan fingerprint density at radius 2 is 2.29 bits per heavy atom. The van der Waals surface area contributed by atoms with E-state index in [0.717, 1.165) is 25.9 Å². The van der Waals surface area contributed by atoms with Crippen molar-refractivity contribution in [2.24, 2.45) is 0 Å². The number of ether oxygens (including phenoxy) is 1. The number of hydrogen-bond acceptors (Lipinski definition) is 7.